The average Bonchev–Trinajstić information content (AvgIpc) is 3.00. The number of piperidine rings is 1. The van der Waals surface area contributed by atoms with Crippen LogP contribution < -0.4 is 4.90 Å². The van der Waals surface area contributed by atoms with Gasteiger partial charge in [0.05, 0.1) is 19.3 Å². The molecule has 0 saturated carbocycles. The molecule has 5 heteroatoms. The topological polar surface area (TPSA) is 32.8 Å². The zero-order chi connectivity index (χ0) is 18.4. The van der Waals surface area contributed by atoms with Gasteiger partial charge in [0.25, 0.3) is 5.91 Å². The molecule has 2 bridgehead atoms. The van der Waals surface area contributed by atoms with Crippen molar-refractivity contribution in [2.24, 2.45) is 0 Å². The Morgan fingerprint density at radius 2 is 1.89 bits per heavy atom. The van der Waals surface area contributed by atoms with Crippen LogP contribution in [0.5, 0.6) is 0 Å². The number of morpholine rings is 1. The van der Waals surface area contributed by atoms with E-state index in [2.05, 4.69) is 28.0 Å². The van der Waals surface area contributed by atoms with E-state index in [1.165, 1.54) is 16.8 Å². The Hall–Kier alpha value is -2.04. The van der Waals surface area contributed by atoms with E-state index in [1.54, 1.807) is 6.07 Å². The minimum Gasteiger partial charge on any atom is -0.378 e. The third-order valence-corrected chi connectivity index (χ3v) is 6.42. The molecule has 140 valence electrons. The number of amides is 1. The molecule has 1 aliphatic carbocycles. The van der Waals surface area contributed by atoms with Gasteiger partial charge in [-0.1, -0.05) is 23.7 Å². The Morgan fingerprint density at radius 3 is 2.70 bits per heavy atom. The van der Waals surface area contributed by atoms with Crippen molar-refractivity contribution in [3.8, 4) is 0 Å². The predicted octanol–water partition coefficient (Wildman–Crippen LogP) is 4.25. The van der Waals surface area contributed by atoms with Crippen LogP contribution in [-0.4, -0.2) is 43.7 Å². The van der Waals surface area contributed by atoms with Gasteiger partial charge in [0, 0.05) is 35.9 Å². The van der Waals surface area contributed by atoms with Gasteiger partial charge in [-0.25, -0.2) is 0 Å². The van der Waals surface area contributed by atoms with Crippen molar-refractivity contribution in [1.29, 1.82) is 0 Å². The molecule has 2 heterocycles. The maximum absolute atomic E-state index is 13.2. The highest BCUT2D eigenvalue weighted by molar-refractivity contribution is 6.30. The molecule has 0 aromatic heterocycles. The monoisotopic (exact) mass is 382 g/mol. The summed E-state index contributed by atoms with van der Waals surface area (Å²) in [5.41, 5.74) is 4.69. The van der Waals surface area contributed by atoms with Crippen molar-refractivity contribution in [2.75, 3.05) is 37.7 Å². The summed E-state index contributed by atoms with van der Waals surface area (Å²) in [5, 5.41) is 0.608. The third kappa shape index (κ3) is 3.01. The number of likely N-dealkylation sites (tertiary alicyclic amines) is 1. The van der Waals surface area contributed by atoms with Crippen molar-refractivity contribution >= 4 is 23.2 Å². The van der Waals surface area contributed by atoms with Crippen molar-refractivity contribution in [3.63, 3.8) is 0 Å². The molecule has 2 aromatic carbocycles. The van der Waals surface area contributed by atoms with Crippen molar-refractivity contribution in [2.45, 2.75) is 24.8 Å². The molecule has 2 aromatic rings. The number of halogens is 1. The second-order valence-corrected chi connectivity index (χ2v) is 8.10. The molecule has 27 heavy (non-hydrogen) atoms. The zero-order valence-corrected chi connectivity index (χ0v) is 16.0. The number of carbonyl (C=O) groups excluding carboxylic acids is 1. The second-order valence-electron chi connectivity index (χ2n) is 7.66. The van der Waals surface area contributed by atoms with Gasteiger partial charge in [-0.2, -0.15) is 0 Å². The largest absolute Gasteiger partial charge is 0.378 e. The quantitative estimate of drug-likeness (QED) is 0.778. The molecular weight excluding hydrogens is 360 g/mol. The molecule has 0 radical (unpaired) electrons. The lowest BCUT2D eigenvalue weighted by molar-refractivity contribution is 0.0620. The first kappa shape index (κ1) is 17.1. The fraction of sp³-hybridized carbons (Fsp3) is 0.409. The summed E-state index contributed by atoms with van der Waals surface area (Å²) in [4.78, 5) is 17.6. The molecule has 3 aliphatic rings. The molecule has 1 amide bonds. The summed E-state index contributed by atoms with van der Waals surface area (Å²) in [6.07, 6.45) is 2.07. The van der Waals surface area contributed by atoms with Crippen LogP contribution >= 0.6 is 11.6 Å². The third-order valence-electron chi connectivity index (χ3n) is 6.18. The molecule has 2 saturated heterocycles. The van der Waals surface area contributed by atoms with Crippen LogP contribution in [0.15, 0.2) is 42.5 Å². The number of hydrogen-bond acceptors (Lipinski definition) is 3. The number of nitrogens with zero attached hydrogens (tertiary/aromatic N) is 2. The standard InChI is InChI=1S/C22H23ClN2O2/c23-17-3-1-2-16(12-17)22(26)25-7-6-15-13-21(25)20-14-18(4-5-19(15)20)24-8-10-27-11-9-24/h1-5,12,14-15,21H,6-11,13H2. The van der Waals surface area contributed by atoms with Crippen LogP contribution in [0.3, 0.4) is 0 Å². The first-order valence-corrected chi connectivity index (χ1v) is 10.1. The number of carbonyl (C=O) groups is 1. The first-order chi connectivity index (χ1) is 13.2. The van der Waals surface area contributed by atoms with E-state index in [-0.39, 0.29) is 11.9 Å². The van der Waals surface area contributed by atoms with E-state index in [1.807, 2.05) is 18.2 Å². The first-order valence-electron chi connectivity index (χ1n) is 9.74. The summed E-state index contributed by atoms with van der Waals surface area (Å²) in [6.45, 7) is 4.23. The molecular formula is C22H23ClN2O2. The summed E-state index contributed by atoms with van der Waals surface area (Å²) in [5.74, 6) is 0.665. The van der Waals surface area contributed by atoms with Crippen LogP contribution in [0.4, 0.5) is 5.69 Å². The minimum atomic E-state index is 0.0885. The van der Waals surface area contributed by atoms with Crippen molar-refractivity contribution in [1.82, 2.24) is 4.90 Å². The smallest absolute Gasteiger partial charge is 0.254 e. The van der Waals surface area contributed by atoms with Gasteiger partial charge in [0.2, 0.25) is 0 Å². The Kier molecular flexibility index (Phi) is 4.33. The highest BCUT2D eigenvalue weighted by Crippen LogP contribution is 2.50. The normalized spacial score (nSPS) is 24.0. The zero-order valence-electron chi connectivity index (χ0n) is 15.2. The summed E-state index contributed by atoms with van der Waals surface area (Å²) in [7, 11) is 0. The predicted molar refractivity (Wildman–Crippen MR) is 107 cm³/mol. The highest BCUT2D eigenvalue weighted by Gasteiger charge is 2.41. The van der Waals surface area contributed by atoms with Crippen LogP contribution in [0.2, 0.25) is 5.02 Å². The number of benzene rings is 2. The Balaban J connectivity index is 1.46. The van der Waals surface area contributed by atoms with Gasteiger partial charge in [-0.15, -0.1) is 0 Å². The van der Waals surface area contributed by atoms with E-state index in [0.29, 0.717) is 16.5 Å². The number of rotatable bonds is 2. The van der Waals surface area contributed by atoms with Gasteiger partial charge in [0.1, 0.15) is 0 Å². The van der Waals surface area contributed by atoms with Crippen molar-refractivity contribution in [3.05, 3.63) is 64.2 Å². The number of anilines is 1. The molecule has 5 rings (SSSR count). The lowest BCUT2D eigenvalue weighted by Gasteiger charge is -2.34. The molecule has 2 fully saturated rings. The Bertz CT molecular complexity index is 878. The van der Waals surface area contributed by atoms with Gasteiger partial charge in [0.15, 0.2) is 0 Å². The van der Waals surface area contributed by atoms with Crippen LogP contribution in [-0.2, 0) is 4.74 Å². The van der Waals surface area contributed by atoms with Gasteiger partial charge in [-0.05, 0) is 60.2 Å². The van der Waals surface area contributed by atoms with Crippen LogP contribution in [0.1, 0.15) is 46.3 Å². The fourth-order valence-corrected chi connectivity index (χ4v) is 5.00. The maximum atomic E-state index is 13.2. The average molecular weight is 383 g/mol. The molecule has 2 atom stereocenters. The summed E-state index contributed by atoms with van der Waals surface area (Å²) in [6, 6.07) is 14.3. The van der Waals surface area contributed by atoms with E-state index < -0.39 is 0 Å². The van der Waals surface area contributed by atoms with Crippen molar-refractivity contribution < 1.29 is 9.53 Å². The van der Waals surface area contributed by atoms with Gasteiger partial charge >= 0.3 is 0 Å². The number of ether oxygens (including phenoxy) is 1. The van der Waals surface area contributed by atoms with Gasteiger partial charge < -0.3 is 14.5 Å². The lowest BCUT2D eigenvalue weighted by atomic mass is 9.95. The van der Waals surface area contributed by atoms with E-state index in [9.17, 15) is 4.79 Å². The molecule has 2 aliphatic heterocycles. The van der Waals surface area contributed by atoms with E-state index in [0.717, 1.165) is 45.7 Å². The molecule has 2 unspecified atom stereocenters. The van der Waals surface area contributed by atoms with Crippen LogP contribution in [0.25, 0.3) is 0 Å². The highest BCUT2D eigenvalue weighted by atomic mass is 35.5. The van der Waals surface area contributed by atoms with E-state index in [4.69, 9.17) is 16.3 Å². The van der Waals surface area contributed by atoms with Gasteiger partial charge in [-0.3, -0.25) is 4.79 Å². The van der Waals surface area contributed by atoms with Crippen LogP contribution in [0, 0.1) is 0 Å². The number of hydrogen-bond donors (Lipinski definition) is 0. The summed E-state index contributed by atoms with van der Waals surface area (Å²) < 4.78 is 5.48. The maximum Gasteiger partial charge on any atom is 0.254 e. The molecule has 4 nitrogen and oxygen atoms in total. The van der Waals surface area contributed by atoms with E-state index >= 15 is 0 Å². The number of fused-ring (bicyclic) bond motifs is 5. The summed E-state index contributed by atoms with van der Waals surface area (Å²) >= 11 is 6.11. The minimum absolute atomic E-state index is 0.0885. The Labute approximate surface area is 164 Å². The molecule has 0 spiro atoms. The molecule has 0 N–H and O–H groups in total. The SMILES string of the molecule is O=C(c1cccc(Cl)c1)N1CCC2CC1c1cc(N3CCOCC3)ccc12. The fourth-order valence-electron chi connectivity index (χ4n) is 4.81. The Morgan fingerprint density at radius 1 is 1.04 bits per heavy atom. The lowest BCUT2D eigenvalue weighted by Crippen LogP contribution is -2.38. The second kappa shape index (κ2) is 6.84.